The van der Waals surface area contributed by atoms with Crippen LogP contribution < -0.4 is 0 Å². The van der Waals surface area contributed by atoms with Crippen molar-refractivity contribution in [1.82, 2.24) is 0 Å². The molecule has 2 unspecified atom stereocenters. The molecule has 0 saturated heterocycles. The lowest BCUT2D eigenvalue weighted by atomic mass is 10.1. The van der Waals surface area contributed by atoms with Crippen LogP contribution in [0.3, 0.4) is 0 Å². The van der Waals surface area contributed by atoms with Gasteiger partial charge in [-0.3, -0.25) is 4.79 Å². The third-order valence-electron chi connectivity index (χ3n) is 2.92. The van der Waals surface area contributed by atoms with Crippen LogP contribution in [0.5, 0.6) is 0 Å². The minimum atomic E-state index is -0.126. The highest BCUT2D eigenvalue weighted by atomic mass is 79.9. The van der Waals surface area contributed by atoms with E-state index in [2.05, 4.69) is 22.0 Å². The molecule has 1 aliphatic carbocycles. The zero-order valence-electron chi connectivity index (χ0n) is 9.44. The van der Waals surface area contributed by atoms with Gasteiger partial charge in [0.2, 0.25) is 0 Å². The molecular weight excluding hydrogens is 282 g/mol. The summed E-state index contributed by atoms with van der Waals surface area (Å²) >= 11 is 3.31. The SMILES string of the molecule is CCOC(=O)C1CC1c1ccc(Br)c(C#N)c1. The van der Waals surface area contributed by atoms with Crippen LogP contribution in [0.15, 0.2) is 22.7 Å². The zero-order chi connectivity index (χ0) is 12.4. The summed E-state index contributed by atoms with van der Waals surface area (Å²) in [5.74, 6) is 0.0656. The van der Waals surface area contributed by atoms with Crippen LogP contribution in [0, 0.1) is 17.2 Å². The number of hydrogen-bond donors (Lipinski definition) is 0. The normalized spacial score (nSPS) is 21.7. The summed E-state index contributed by atoms with van der Waals surface area (Å²) in [5, 5.41) is 8.93. The molecule has 0 heterocycles. The quantitative estimate of drug-likeness (QED) is 0.805. The highest BCUT2D eigenvalue weighted by Crippen LogP contribution is 2.48. The van der Waals surface area contributed by atoms with Crippen molar-refractivity contribution in [1.29, 1.82) is 5.26 Å². The molecule has 4 heteroatoms. The molecule has 1 aliphatic rings. The van der Waals surface area contributed by atoms with E-state index in [1.165, 1.54) is 0 Å². The van der Waals surface area contributed by atoms with Gasteiger partial charge >= 0.3 is 5.97 Å². The number of benzene rings is 1. The van der Waals surface area contributed by atoms with E-state index in [1.54, 1.807) is 0 Å². The number of halogens is 1. The number of carbonyl (C=O) groups excluding carboxylic acids is 1. The standard InChI is InChI=1S/C13H12BrNO2/c1-2-17-13(16)11-6-10(11)8-3-4-12(14)9(5-8)7-15/h3-5,10-11H,2,6H2,1H3. The van der Waals surface area contributed by atoms with Gasteiger partial charge in [-0.25, -0.2) is 0 Å². The molecule has 0 aromatic heterocycles. The third-order valence-corrected chi connectivity index (χ3v) is 3.61. The first-order valence-corrected chi connectivity index (χ1v) is 6.32. The number of nitrogens with zero attached hydrogens (tertiary/aromatic N) is 1. The van der Waals surface area contributed by atoms with Crippen molar-refractivity contribution in [3.63, 3.8) is 0 Å². The van der Waals surface area contributed by atoms with Crippen LogP contribution in [-0.2, 0) is 9.53 Å². The molecule has 0 N–H and O–H groups in total. The van der Waals surface area contributed by atoms with E-state index < -0.39 is 0 Å². The van der Waals surface area contributed by atoms with Gasteiger partial charge in [-0.05, 0) is 52.9 Å². The second-order valence-corrected chi connectivity index (χ2v) is 4.91. The largest absolute Gasteiger partial charge is 0.466 e. The van der Waals surface area contributed by atoms with Gasteiger partial charge in [0.15, 0.2) is 0 Å². The average Bonchev–Trinajstić information content (AvgIpc) is 3.10. The lowest BCUT2D eigenvalue weighted by Gasteiger charge is -2.03. The molecule has 2 atom stereocenters. The monoisotopic (exact) mass is 293 g/mol. The molecule has 1 aromatic carbocycles. The molecule has 2 rings (SSSR count). The predicted molar refractivity (Wildman–Crippen MR) is 66.3 cm³/mol. The maximum absolute atomic E-state index is 11.5. The molecular formula is C13H12BrNO2. The Bertz CT molecular complexity index is 493. The number of esters is 1. The van der Waals surface area contributed by atoms with Crippen molar-refractivity contribution in [3.05, 3.63) is 33.8 Å². The van der Waals surface area contributed by atoms with Crippen LogP contribution in [0.4, 0.5) is 0 Å². The molecule has 3 nitrogen and oxygen atoms in total. The molecule has 0 amide bonds. The van der Waals surface area contributed by atoms with Crippen molar-refractivity contribution in [2.24, 2.45) is 5.92 Å². The minimum Gasteiger partial charge on any atom is -0.466 e. The smallest absolute Gasteiger partial charge is 0.309 e. The topological polar surface area (TPSA) is 50.1 Å². The van der Waals surface area contributed by atoms with E-state index in [0.29, 0.717) is 12.2 Å². The number of carbonyl (C=O) groups is 1. The molecule has 1 aromatic rings. The van der Waals surface area contributed by atoms with Crippen molar-refractivity contribution in [3.8, 4) is 6.07 Å². The van der Waals surface area contributed by atoms with E-state index in [9.17, 15) is 4.79 Å². The number of hydrogen-bond acceptors (Lipinski definition) is 3. The fraction of sp³-hybridized carbons (Fsp3) is 0.385. The maximum Gasteiger partial charge on any atom is 0.309 e. The van der Waals surface area contributed by atoms with Gasteiger partial charge in [0.05, 0.1) is 18.1 Å². The van der Waals surface area contributed by atoms with Gasteiger partial charge in [0.1, 0.15) is 6.07 Å². The Balaban J connectivity index is 2.11. The summed E-state index contributed by atoms with van der Waals surface area (Å²) in [6.45, 7) is 2.23. The summed E-state index contributed by atoms with van der Waals surface area (Å²) in [7, 11) is 0. The first-order valence-electron chi connectivity index (χ1n) is 5.53. The van der Waals surface area contributed by atoms with Gasteiger partial charge in [0, 0.05) is 4.47 Å². The zero-order valence-corrected chi connectivity index (χ0v) is 11.0. The van der Waals surface area contributed by atoms with Crippen molar-refractivity contribution < 1.29 is 9.53 Å². The fourth-order valence-electron chi connectivity index (χ4n) is 1.93. The van der Waals surface area contributed by atoms with E-state index in [0.717, 1.165) is 16.5 Å². The van der Waals surface area contributed by atoms with Crippen LogP contribution in [0.1, 0.15) is 30.4 Å². The summed E-state index contributed by atoms with van der Waals surface area (Å²) in [6, 6.07) is 7.77. The first kappa shape index (κ1) is 12.1. The lowest BCUT2D eigenvalue weighted by Crippen LogP contribution is -2.07. The second kappa shape index (κ2) is 4.89. The fourth-order valence-corrected chi connectivity index (χ4v) is 2.27. The van der Waals surface area contributed by atoms with Gasteiger partial charge in [-0.2, -0.15) is 5.26 Å². The van der Waals surface area contributed by atoms with Crippen LogP contribution in [0.2, 0.25) is 0 Å². The van der Waals surface area contributed by atoms with E-state index in [4.69, 9.17) is 10.00 Å². The minimum absolute atomic E-state index is 0.0253. The van der Waals surface area contributed by atoms with Crippen molar-refractivity contribution >= 4 is 21.9 Å². The van der Waals surface area contributed by atoms with Crippen molar-refractivity contribution in [2.45, 2.75) is 19.3 Å². The molecule has 0 spiro atoms. The van der Waals surface area contributed by atoms with E-state index in [-0.39, 0.29) is 17.8 Å². The Labute approximate surface area is 109 Å². The van der Waals surface area contributed by atoms with Gasteiger partial charge in [-0.1, -0.05) is 6.07 Å². The molecule has 17 heavy (non-hydrogen) atoms. The summed E-state index contributed by atoms with van der Waals surface area (Å²) in [6.07, 6.45) is 0.825. The number of ether oxygens (including phenoxy) is 1. The Morgan fingerprint density at radius 1 is 1.65 bits per heavy atom. The third kappa shape index (κ3) is 2.50. The molecule has 1 fully saturated rings. The first-order chi connectivity index (χ1) is 8.17. The lowest BCUT2D eigenvalue weighted by molar-refractivity contribution is -0.144. The van der Waals surface area contributed by atoms with E-state index in [1.807, 2.05) is 25.1 Å². The molecule has 0 aliphatic heterocycles. The Kier molecular flexibility index (Phi) is 3.49. The molecule has 0 radical (unpaired) electrons. The van der Waals surface area contributed by atoms with Crippen molar-refractivity contribution in [2.75, 3.05) is 6.61 Å². The van der Waals surface area contributed by atoms with Crippen LogP contribution in [-0.4, -0.2) is 12.6 Å². The number of rotatable bonds is 3. The Morgan fingerprint density at radius 3 is 3.06 bits per heavy atom. The van der Waals surface area contributed by atoms with E-state index >= 15 is 0 Å². The van der Waals surface area contributed by atoms with Gasteiger partial charge < -0.3 is 4.74 Å². The summed E-state index contributed by atoms with van der Waals surface area (Å²) in [5.41, 5.74) is 1.65. The van der Waals surface area contributed by atoms with Crippen LogP contribution >= 0.6 is 15.9 Å². The summed E-state index contributed by atoms with van der Waals surface area (Å²) in [4.78, 5) is 11.5. The molecule has 0 bridgehead atoms. The summed E-state index contributed by atoms with van der Waals surface area (Å²) < 4.78 is 5.77. The van der Waals surface area contributed by atoms with Gasteiger partial charge in [0.25, 0.3) is 0 Å². The molecule has 1 saturated carbocycles. The highest BCUT2D eigenvalue weighted by Gasteiger charge is 2.45. The van der Waals surface area contributed by atoms with Gasteiger partial charge in [-0.15, -0.1) is 0 Å². The Hall–Kier alpha value is -1.34. The Morgan fingerprint density at radius 2 is 2.41 bits per heavy atom. The highest BCUT2D eigenvalue weighted by molar-refractivity contribution is 9.10. The maximum atomic E-state index is 11.5. The number of nitriles is 1. The average molecular weight is 294 g/mol. The second-order valence-electron chi connectivity index (χ2n) is 4.05. The predicted octanol–water partition coefficient (Wildman–Crippen LogP) is 2.99. The molecule has 88 valence electrons. The van der Waals surface area contributed by atoms with Crippen LogP contribution in [0.25, 0.3) is 0 Å².